The Labute approximate surface area is 197 Å². The van der Waals surface area contributed by atoms with Crippen LogP contribution in [0.15, 0.2) is 35.5 Å². The molecular weight excluding hydrogens is 436 g/mol. The van der Waals surface area contributed by atoms with Gasteiger partial charge in [-0.25, -0.2) is 4.79 Å². The number of carbonyl (C=O) groups is 1. The van der Waals surface area contributed by atoms with Crippen molar-refractivity contribution < 1.29 is 14.0 Å². The molecule has 0 radical (unpaired) electrons. The van der Waals surface area contributed by atoms with Gasteiger partial charge in [0.1, 0.15) is 0 Å². The molecule has 2 saturated heterocycles. The van der Waals surface area contributed by atoms with Gasteiger partial charge in [-0.2, -0.15) is 11.8 Å². The van der Waals surface area contributed by atoms with Crippen LogP contribution in [0.3, 0.4) is 0 Å². The van der Waals surface area contributed by atoms with E-state index in [1.54, 1.807) is 0 Å². The number of thioether (sulfide) groups is 1. The highest BCUT2D eigenvalue weighted by Gasteiger charge is 2.74. The predicted octanol–water partition coefficient (Wildman–Crippen LogP) is 4.62. The largest absolute Gasteiger partial charge is 0.466 e. The number of esters is 1. The molecule has 2 bridgehead atoms. The zero-order valence-electron chi connectivity index (χ0n) is 20.2. The fourth-order valence-corrected chi connectivity index (χ4v) is 10.2. The third-order valence-electron chi connectivity index (χ3n) is 7.95. The first kappa shape index (κ1) is 22.5. The number of para-hydroxylation sites is 1. The third kappa shape index (κ3) is 2.80. The highest BCUT2D eigenvalue weighted by atomic mass is 32.2. The monoisotopic (exact) mass is 472 g/mol. The maximum absolute atomic E-state index is 13.5. The van der Waals surface area contributed by atoms with Crippen LogP contribution >= 0.6 is 11.8 Å². The van der Waals surface area contributed by atoms with Gasteiger partial charge in [-0.15, -0.1) is 0 Å². The van der Waals surface area contributed by atoms with E-state index in [1.165, 1.54) is 12.7 Å². The number of benzene rings is 1. The van der Waals surface area contributed by atoms with Gasteiger partial charge in [0.2, 0.25) is 0 Å². The number of piperidine rings is 1. The zero-order chi connectivity index (χ0) is 22.9. The molecule has 3 aliphatic heterocycles. The first-order valence-electron chi connectivity index (χ1n) is 12.0. The molecule has 4 aliphatic rings. The van der Waals surface area contributed by atoms with Crippen LogP contribution in [-0.2, 0) is 19.4 Å². The first-order chi connectivity index (χ1) is 15.2. The van der Waals surface area contributed by atoms with E-state index in [0.29, 0.717) is 5.25 Å². The van der Waals surface area contributed by atoms with Crippen molar-refractivity contribution in [2.45, 2.75) is 68.6 Å². The van der Waals surface area contributed by atoms with Gasteiger partial charge < -0.3 is 14.5 Å². The standard InChI is InChI=1S/C25H36N2O3SSi/c1-7-24(30-32(4,5)6)17-13-14-27-15-19(31-8-2)25(23(24)27)16-11-9-10-12-18(16)26-21(25)20(17)22(28)29-3/h9-12,17,19,23,26H,7-8,13-15H2,1-6H3/t17-,19+,23-,24+,25+/m1/s1. The van der Waals surface area contributed by atoms with Crippen molar-refractivity contribution in [1.29, 1.82) is 0 Å². The molecule has 5 rings (SSSR count). The van der Waals surface area contributed by atoms with Crippen molar-refractivity contribution in [2.75, 3.05) is 31.3 Å². The van der Waals surface area contributed by atoms with Crippen LogP contribution in [0.1, 0.15) is 32.3 Å². The lowest BCUT2D eigenvalue weighted by Crippen LogP contribution is -2.71. The quantitative estimate of drug-likeness (QED) is 0.482. The average molecular weight is 473 g/mol. The molecule has 2 fully saturated rings. The Kier molecular flexibility index (Phi) is 5.36. The summed E-state index contributed by atoms with van der Waals surface area (Å²) in [7, 11) is -0.398. The van der Waals surface area contributed by atoms with E-state index in [9.17, 15) is 4.79 Å². The average Bonchev–Trinajstić information content (AvgIpc) is 3.27. The maximum atomic E-state index is 13.5. The predicted molar refractivity (Wildman–Crippen MR) is 134 cm³/mol. The molecule has 3 heterocycles. The Morgan fingerprint density at radius 1 is 1.28 bits per heavy atom. The molecule has 1 aromatic carbocycles. The van der Waals surface area contributed by atoms with Gasteiger partial charge in [-0.1, -0.05) is 32.0 Å². The van der Waals surface area contributed by atoms with Crippen molar-refractivity contribution >= 4 is 31.7 Å². The van der Waals surface area contributed by atoms with Gasteiger partial charge in [-0.05, 0) is 56.4 Å². The molecule has 5 nitrogen and oxygen atoms in total. The minimum atomic E-state index is -1.92. The molecule has 7 heteroatoms. The summed E-state index contributed by atoms with van der Waals surface area (Å²) in [6.07, 6.45) is 1.82. The van der Waals surface area contributed by atoms with Gasteiger partial charge in [0, 0.05) is 29.1 Å². The summed E-state index contributed by atoms with van der Waals surface area (Å²) in [4.78, 5) is 16.2. The summed E-state index contributed by atoms with van der Waals surface area (Å²) in [5.74, 6) is 0.900. The number of hydrogen-bond acceptors (Lipinski definition) is 6. The molecule has 174 valence electrons. The Bertz CT molecular complexity index is 976. The van der Waals surface area contributed by atoms with E-state index < -0.39 is 13.9 Å². The minimum Gasteiger partial charge on any atom is -0.466 e. The van der Waals surface area contributed by atoms with Gasteiger partial charge in [0.15, 0.2) is 8.32 Å². The number of hydrogen-bond donors (Lipinski definition) is 1. The lowest BCUT2D eigenvalue weighted by molar-refractivity contribution is -0.144. The third-order valence-corrected chi connectivity index (χ3v) is 10.2. The molecule has 5 atom stereocenters. The molecule has 0 aromatic heterocycles. The van der Waals surface area contributed by atoms with E-state index in [0.717, 1.165) is 48.6 Å². The van der Waals surface area contributed by atoms with Crippen molar-refractivity contribution in [3.8, 4) is 0 Å². The summed E-state index contributed by atoms with van der Waals surface area (Å²) < 4.78 is 12.7. The molecular formula is C25H36N2O3SSi. The number of ether oxygens (including phenoxy) is 1. The second kappa shape index (κ2) is 7.62. The fraction of sp³-hybridized carbons (Fsp3) is 0.640. The number of anilines is 1. The maximum Gasteiger partial charge on any atom is 0.335 e. The van der Waals surface area contributed by atoms with Crippen LogP contribution in [0.25, 0.3) is 0 Å². The highest BCUT2D eigenvalue weighted by Crippen LogP contribution is 2.67. The summed E-state index contributed by atoms with van der Waals surface area (Å²) >= 11 is 2.03. The van der Waals surface area contributed by atoms with Crippen LogP contribution in [0.5, 0.6) is 0 Å². The Hall–Kier alpha value is -1.28. The van der Waals surface area contributed by atoms with Crippen LogP contribution in [0.4, 0.5) is 5.69 Å². The Morgan fingerprint density at radius 2 is 2.03 bits per heavy atom. The lowest BCUT2D eigenvalue weighted by Gasteiger charge is -2.61. The SMILES string of the molecule is CCS[C@H]1CN2CC[C@@H]3C(C(=O)OC)=C4Nc5ccccc5[C@@]41[C@H]2[C@@]3(CC)O[Si](C)(C)C. The number of rotatable bonds is 6. The lowest BCUT2D eigenvalue weighted by atomic mass is 9.55. The Balaban J connectivity index is 1.88. The number of methoxy groups -OCH3 is 1. The van der Waals surface area contributed by atoms with E-state index in [4.69, 9.17) is 9.16 Å². The van der Waals surface area contributed by atoms with Crippen molar-refractivity contribution in [3.63, 3.8) is 0 Å². The zero-order valence-corrected chi connectivity index (χ0v) is 22.0. The molecule has 1 spiro atoms. The van der Waals surface area contributed by atoms with E-state index in [-0.39, 0.29) is 23.3 Å². The molecule has 32 heavy (non-hydrogen) atoms. The molecule has 1 aromatic rings. The Morgan fingerprint density at radius 3 is 2.69 bits per heavy atom. The summed E-state index contributed by atoms with van der Waals surface area (Å²) in [6, 6.07) is 8.89. The molecule has 1 N–H and O–H groups in total. The molecule has 0 amide bonds. The number of nitrogens with one attached hydrogen (secondary N) is 1. The van der Waals surface area contributed by atoms with E-state index >= 15 is 0 Å². The van der Waals surface area contributed by atoms with Crippen molar-refractivity contribution in [3.05, 3.63) is 41.1 Å². The van der Waals surface area contributed by atoms with Crippen molar-refractivity contribution in [1.82, 2.24) is 4.90 Å². The van der Waals surface area contributed by atoms with Crippen LogP contribution < -0.4 is 5.32 Å². The van der Waals surface area contributed by atoms with Crippen LogP contribution in [0, 0.1) is 5.92 Å². The fourth-order valence-electron chi connectivity index (χ4n) is 7.32. The van der Waals surface area contributed by atoms with Gasteiger partial charge in [0.25, 0.3) is 0 Å². The summed E-state index contributed by atoms with van der Waals surface area (Å²) in [6.45, 7) is 13.4. The summed E-state index contributed by atoms with van der Waals surface area (Å²) in [5, 5.41) is 4.12. The highest BCUT2D eigenvalue weighted by molar-refractivity contribution is 8.00. The van der Waals surface area contributed by atoms with Crippen LogP contribution in [-0.4, -0.2) is 62.0 Å². The number of fused-ring (bicyclic) bond motifs is 2. The second-order valence-corrected chi connectivity index (χ2v) is 16.4. The van der Waals surface area contributed by atoms with Crippen molar-refractivity contribution in [2.24, 2.45) is 5.92 Å². The first-order valence-corrected chi connectivity index (χ1v) is 16.5. The van der Waals surface area contributed by atoms with E-state index in [2.05, 4.69) is 68.0 Å². The minimum absolute atomic E-state index is 0.0447. The van der Waals surface area contributed by atoms with Gasteiger partial charge in [-0.3, -0.25) is 4.90 Å². The second-order valence-electron chi connectivity index (χ2n) is 10.5. The number of carbonyl (C=O) groups excluding carboxylic acids is 1. The van der Waals surface area contributed by atoms with Gasteiger partial charge in [0.05, 0.1) is 29.7 Å². The molecule has 0 unspecified atom stereocenters. The number of nitrogens with zero attached hydrogens (tertiary/aromatic N) is 1. The van der Waals surface area contributed by atoms with E-state index in [1.807, 2.05) is 11.8 Å². The van der Waals surface area contributed by atoms with Gasteiger partial charge >= 0.3 is 5.97 Å². The normalized spacial score (nSPS) is 35.4. The van der Waals surface area contributed by atoms with Crippen LogP contribution in [0.2, 0.25) is 19.6 Å². The smallest absolute Gasteiger partial charge is 0.335 e. The molecule has 1 aliphatic carbocycles. The summed E-state index contributed by atoms with van der Waals surface area (Å²) in [5.41, 5.74) is 3.72. The molecule has 0 saturated carbocycles. The topological polar surface area (TPSA) is 50.8 Å².